The molecule has 0 aliphatic carbocycles. The minimum absolute atomic E-state index is 0.283. The molecule has 0 amide bonds. The number of nitrogens with zero attached hydrogens (tertiary/aromatic N) is 2. The highest BCUT2D eigenvalue weighted by Gasteiger charge is 2.13. The highest BCUT2D eigenvalue weighted by atomic mass is 16.5. The summed E-state index contributed by atoms with van der Waals surface area (Å²) in [6.07, 6.45) is 1.80. The molecule has 0 spiro atoms. The maximum atomic E-state index is 12.5. The summed E-state index contributed by atoms with van der Waals surface area (Å²) in [6.45, 7) is 9.12. The molecule has 2 aromatic rings. The maximum Gasteiger partial charge on any atom is 0.338 e. The largest absolute Gasteiger partial charge is 0.457 e. The number of hydrogen-bond donors (Lipinski definition) is 0. The fraction of sp³-hybridized carbons (Fsp3) is 0.333. The SMILES string of the molecule is CCN(C)C=Nc1cc(C)c(C(=O)OCc2ccccc2C)cc1C. The molecule has 132 valence electrons. The van der Waals surface area contributed by atoms with Gasteiger partial charge in [0, 0.05) is 13.6 Å². The first-order valence-electron chi connectivity index (χ1n) is 8.49. The number of ether oxygens (including phenoxy) is 1. The van der Waals surface area contributed by atoms with Crippen LogP contribution in [0, 0.1) is 20.8 Å². The Hall–Kier alpha value is -2.62. The number of aryl methyl sites for hydroxylation is 3. The van der Waals surface area contributed by atoms with Crippen molar-refractivity contribution in [1.82, 2.24) is 4.90 Å². The van der Waals surface area contributed by atoms with E-state index in [1.807, 2.05) is 69.1 Å². The number of aliphatic imine (C=N–C) groups is 1. The van der Waals surface area contributed by atoms with E-state index < -0.39 is 0 Å². The van der Waals surface area contributed by atoms with E-state index >= 15 is 0 Å². The van der Waals surface area contributed by atoms with Crippen LogP contribution in [0.4, 0.5) is 5.69 Å². The first kappa shape index (κ1) is 18.7. The van der Waals surface area contributed by atoms with Crippen LogP contribution >= 0.6 is 0 Å². The fourth-order valence-electron chi connectivity index (χ4n) is 2.40. The summed E-state index contributed by atoms with van der Waals surface area (Å²) >= 11 is 0. The third-order valence-corrected chi connectivity index (χ3v) is 4.28. The molecule has 0 aliphatic heterocycles. The molecular weight excluding hydrogens is 312 g/mol. The van der Waals surface area contributed by atoms with Gasteiger partial charge in [0.2, 0.25) is 0 Å². The summed E-state index contributed by atoms with van der Waals surface area (Å²) in [5, 5.41) is 0. The normalized spacial score (nSPS) is 10.9. The van der Waals surface area contributed by atoms with Crippen LogP contribution in [0.15, 0.2) is 41.4 Å². The van der Waals surface area contributed by atoms with Crippen molar-refractivity contribution in [2.75, 3.05) is 13.6 Å². The summed E-state index contributed by atoms with van der Waals surface area (Å²) in [6, 6.07) is 11.7. The van der Waals surface area contributed by atoms with Crippen molar-refractivity contribution in [2.45, 2.75) is 34.3 Å². The molecular formula is C21H26N2O2. The molecule has 2 rings (SSSR count). The number of carbonyl (C=O) groups is 1. The van der Waals surface area contributed by atoms with Crippen LogP contribution in [0.2, 0.25) is 0 Å². The summed E-state index contributed by atoms with van der Waals surface area (Å²) < 4.78 is 5.50. The summed E-state index contributed by atoms with van der Waals surface area (Å²) in [5.74, 6) is -0.301. The van der Waals surface area contributed by atoms with E-state index in [9.17, 15) is 4.79 Å². The van der Waals surface area contributed by atoms with Gasteiger partial charge in [-0.1, -0.05) is 24.3 Å². The number of esters is 1. The molecule has 0 heterocycles. The lowest BCUT2D eigenvalue weighted by atomic mass is 10.0. The van der Waals surface area contributed by atoms with E-state index in [-0.39, 0.29) is 12.6 Å². The van der Waals surface area contributed by atoms with Crippen molar-refractivity contribution in [3.05, 3.63) is 64.2 Å². The van der Waals surface area contributed by atoms with Crippen LogP contribution in [0.5, 0.6) is 0 Å². The lowest BCUT2D eigenvalue weighted by Gasteiger charge is -2.12. The van der Waals surface area contributed by atoms with Crippen molar-refractivity contribution in [3.63, 3.8) is 0 Å². The topological polar surface area (TPSA) is 41.9 Å². The molecule has 0 aromatic heterocycles. The molecule has 0 radical (unpaired) electrons. The van der Waals surface area contributed by atoms with Gasteiger partial charge in [0.1, 0.15) is 6.61 Å². The van der Waals surface area contributed by atoms with Gasteiger partial charge < -0.3 is 9.64 Å². The third-order valence-electron chi connectivity index (χ3n) is 4.28. The maximum absolute atomic E-state index is 12.5. The first-order valence-corrected chi connectivity index (χ1v) is 8.49. The predicted octanol–water partition coefficient (Wildman–Crippen LogP) is 4.58. The highest BCUT2D eigenvalue weighted by Crippen LogP contribution is 2.24. The van der Waals surface area contributed by atoms with Crippen LogP contribution in [0.25, 0.3) is 0 Å². The monoisotopic (exact) mass is 338 g/mol. The van der Waals surface area contributed by atoms with Gasteiger partial charge in [-0.05, 0) is 62.1 Å². The van der Waals surface area contributed by atoms with Gasteiger partial charge in [-0.2, -0.15) is 0 Å². The van der Waals surface area contributed by atoms with Gasteiger partial charge in [-0.15, -0.1) is 0 Å². The van der Waals surface area contributed by atoms with Gasteiger partial charge in [-0.25, -0.2) is 9.79 Å². The second-order valence-corrected chi connectivity index (χ2v) is 6.27. The zero-order chi connectivity index (χ0) is 18.4. The Kier molecular flexibility index (Phi) is 6.34. The Bertz CT molecular complexity index is 781. The Morgan fingerprint density at radius 2 is 1.84 bits per heavy atom. The van der Waals surface area contributed by atoms with Gasteiger partial charge in [0.25, 0.3) is 0 Å². The average Bonchev–Trinajstić information content (AvgIpc) is 2.60. The van der Waals surface area contributed by atoms with Crippen molar-refractivity contribution in [1.29, 1.82) is 0 Å². The smallest absolute Gasteiger partial charge is 0.338 e. The van der Waals surface area contributed by atoms with Crippen molar-refractivity contribution in [2.24, 2.45) is 4.99 Å². The van der Waals surface area contributed by atoms with E-state index in [1.165, 1.54) is 0 Å². The van der Waals surface area contributed by atoms with Crippen molar-refractivity contribution >= 4 is 18.0 Å². The second kappa shape index (κ2) is 8.47. The molecule has 4 nitrogen and oxygen atoms in total. The number of carbonyl (C=O) groups excluding carboxylic acids is 1. The van der Waals surface area contributed by atoms with Crippen molar-refractivity contribution < 1.29 is 9.53 Å². The quantitative estimate of drug-likeness (QED) is 0.440. The van der Waals surface area contributed by atoms with Crippen LogP contribution in [-0.2, 0) is 11.3 Å². The van der Waals surface area contributed by atoms with E-state index in [1.54, 1.807) is 6.34 Å². The van der Waals surface area contributed by atoms with E-state index in [0.29, 0.717) is 5.56 Å². The third kappa shape index (κ3) is 4.92. The molecule has 0 saturated heterocycles. The van der Waals surface area contributed by atoms with Crippen LogP contribution in [0.1, 0.15) is 39.5 Å². The lowest BCUT2D eigenvalue weighted by Crippen LogP contribution is -2.14. The molecule has 0 bridgehead atoms. The highest BCUT2D eigenvalue weighted by molar-refractivity contribution is 5.92. The molecule has 0 aliphatic rings. The van der Waals surface area contributed by atoms with E-state index in [4.69, 9.17) is 4.74 Å². The number of hydrogen-bond acceptors (Lipinski definition) is 3. The van der Waals surface area contributed by atoms with Gasteiger partial charge in [0.05, 0.1) is 17.6 Å². The molecule has 0 saturated carbocycles. The van der Waals surface area contributed by atoms with Gasteiger partial charge in [-0.3, -0.25) is 0 Å². The fourth-order valence-corrected chi connectivity index (χ4v) is 2.40. The van der Waals surface area contributed by atoms with E-state index in [2.05, 4.69) is 11.9 Å². The molecule has 0 fully saturated rings. The minimum Gasteiger partial charge on any atom is -0.457 e. The molecule has 0 N–H and O–H groups in total. The molecule has 0 unspecified atom stereocenters. The summed E-state index contributed by atoms with van der Waals surface area (Å²) in [5.41, 5.74) is 5.42. The Morgan fingerprint density at radius 3 is 2.52 bits per heavy atom. The summed E-state index contributed by atoms with van der Waals surface area (Å²) in [4.78, 5) is 18.9. The minimum atomic E-state index is -0.301. The predicted molar refractivity (Wildman–Crippen MR) is 103 cm³/mol. The summed E-state index contributed by atoms with van der Waals surface area (Å²) in [7, 11) is 1.98. The molecule has 2 aromatic carbocycles. The number of benzene rings is 2. The molecule has 0 atom stereocenters. The van der Waals surface area contributed by atoms with Crippen molar-refractivity contribution in [3.8, 4) is 0 Å². The zero-order valence-corrected chi connectivity index (χ0v) is 15.7. The number of rotatable bonds is 6. The van der Waals surface area contributed by atoms with Crippen LogP contribution in [0.3, 0.4) is 0 Å². The Morgan fingerprint density at radius 1 is 1.12 bits per heavy atom. The molecule has 25 heavy (non-hydrogen) atoms. The standard InChI is InChI=1S/C21H26N2O2/c1-6-23(5)14-22-20-12-16(3)19(11-17(20)4)21(24)25-13-18-10-8-7-9-15(18)2/h7-12,14H,6,13H2,1-5H3. The van der Waals surface area contributed by atoms with Crippen LogP contribution in [-0.4, -0.2) is 30.8 Å². The van der Waals surface area contributed by atoms with Crippen LogP contribution < -0.4 is 0 Å². The Balaban J connectivity index is 2.13. The Labute approximate surface area is 150 Å². The average molecular weight is 338 g/mol. The first-order chi connectivity index (χ1) is 11.9. The van der Waals surface area contributed by atoms with Gasteiger partial charge >= 0.3 is 5.97 Å². The zero-order valence-electron chi connectivity index (χ0n) is 15.7. The van der Waals surface area contributed by atoms with Gasteiger partial charge in [0.15, 0.2) is 0 Å². The van der Waals surface area contributed by atoms with E-state index in [0.717, 1.165) is 34.5 Å². The lowest BCUT2D eigenvalue weighted by molar-refractivity contribution is 0.0471. The molecule has 4 heteroatoms. The second-order valence-electron chi connectivity index (χ2n) is 6.27.